The van der Waals surface area contributed by atoms with Gasteiger partial charge in [0.05, 0.1) is 11.1 Å². The third-order valence-corrected chi connectivity index (χ3v) is 10.4. The fourth-order valence-electron chi connectivity index (χ4n) is 7.88. The third kappa shape index (κ3) is 4.85. The molecule has 1 atom stereocenters. The van der Waals surface area contributed by atoms with Crippen molar-refractivity contribution in [1.82, 2.24) is 10.3 Å². The molecule has 0 bridgehead atoms. The summed E-state index contributed by atoms with van der Waals surface area (Å²) in [6.45, 7) is 0. The zero-order valence-corrected chi connectivity index (χ0v) is 28.9. The summed E-state index contributed by atoms with van der Waals surface area (Å²) >= 11 is 0. The number of fused-ring (bicyclic) bond motifs is 7. The predicted octanol–water partition coefficient (Wildman–Crippen LogP) is 11.9. The highest BCUT2D eigenvalue weighted by Crippen LogP contribution is 2.43. The largest absolute Gasteiger partial charge is 0.456 e. The first-order valence-corrected chi connectivity index (χ1v) is 18.0. The molecular formula is C48H30N4O2. The molecule has 0 radical (unpaired) electrons. The first-order valence-electron chi connectivity index (χ1n) is 18.0. The molecule has 10 aromatic rings. The van der Waals surface area contributed by atoms with Crippen LogP contribution < -0.4 is 5.32 Å². The molecule has 4 heterocycles. The number of aromatic nitrogens is 1. The van der Waals surface area contributed by atoms with E-state index in [0.29, 0.717) is 11.7 Å². The Morgan fingerprint density at radius 1 is 0.500 bits per heavy atom. The van der Waals surface area contributed by atoms with E-state index in [1.54, 1.807) is 0 Å². The summed E-state index contributed by atoms with van der Waals surface area (Å²) in [5.74, 6) is 1.35. The highest BCUT2D eigenvalue weighted by Gasteiger charge is 2.27. The van der Waals surface area contributed by atoms with Crippen LogP contribution in [0.4, 0.5) is 0 Å². The van der Waals surface area contributed by atoms with Crippen LogP contribution in [-0.4, -0.2) is 16.7 Å². The molecule has 7 aromatic carbocycles. The van der Waals surface area contributed by atoms with Crippen LogP contribution in [0.1, 0.15) is 22.9 Å². The minimum atomic E-state index is -0.444. The number of benzene rings is 7. The SMILES string of the molecule is c1ccc(C2=NC(c3cccc4oc5ccccc5c34)NC(c3ccccc3-c3ncc(-c4ccccc4)c4oc5cc6ccccc6cc5c34)=N2)cc1. The topological polar surface area (TPSA) is 75.9 Å². The molecule has 1 aliphatic rings. The van der Waals surface area contributed by atoms with Gasteiger partial charge in [0.2, 0.25) is 0 Å². The molecular weight excluding hydrogens is 665 g/mol. The molecule has 0 saturated heterocycles. The van der Waals surface area contributed by atoms with Crippen molar-refractivity contribution in [3.63, 3.8) is 0 Å². The van der Waals surface area contributed by atoms with E-state index in [2.05, 4.69) is 96.3 Å². The maximum atomic E-state index is 6.80. The molecule has 254 valence electrons. The van der Waals surface area contributed by atoms with E-state index in [0.717, 1.165) is 93.7 Å². The number of hydrogen-bond donors (Lipinski definition) is 1. The summed E-state index contributed by atoms with van der Waals surface area (Å²) in [6, 6.07) is 55.9. The van der Waals surface area contributed by atoms with Crippen LogP contribution in [0.5, 0.6) is 0 Å². The fourth-order valence-corrected chi connectivity index (χ4v) is 7.88. The van der Waals surface area contributed by atoms with Crippen molar-refractivity contribution in [2.45, 2.75) is 6.17 Å². The van der Waals surface area contributed by atoms with Gasteiger partial charge in [-0.3, -0.25) is 4.98 Å². The first-order chi connectivity index (χ1) is 26.8. The highest BCUT2D eigenvalue weighted by atomic mass is 16.3. The summed E-state index contributed by atoms with van der Waals surface area (Å²) in [5.41, 5.74) is 9.88. The van der Waals surface area contributed by atoms with Gasteiger partial charge in [0.1, 0.15) is 34.3 Å². The number of pyridine rings is 1. The van der Waals surface area contributed by atoms with Crippen molar-refractivity contribution in [2.24, 2.45) is 9.98 Å². The number of furan rings is 2. The number of para-hydroxylation sites is 1. The summed E-state index contributed by atoms with van der Waals surface area (Å²) in [7, 11) is 0. The molecule has 11 rings (SSSR count). The molecule has 0 fully saturated rings. The van der Waals surface area contributed by atoms with Crippen LogP contribution in [0, 0.1) is 0 Å². The van der Waals surface area contributed by atoms with Gasteiger partial charge in [-0.15, -0.1) is 0 Å². The van der Waals surface area contributed by atoms with E-state index in [1.165, 1.54) is 0 Å². The maximum Gasteiger partial charge on any atom is 0.159 e. The van der Waals surface area contributed by atoms with Crippen molar-refractivity contribution in [3.8, 4) is 22.4 Å². The molecule has 1 N–H and O–H groups in total. The molecule has 3 aromatic heterocycles. The van der Waals surface area contributed by atoms with Crippen LogP contribution in [0.25, 0.3) is 77.0 Å². The third-order valence-electron chi connectivity index (χ3n) is 10.4. The zero-order chi connectivity index (χ0) is 35.6. The minimum Gasteiger partial charge on any atom is -0.456 e. The first kappa shape index (κ1) is 30.3. The zero-order valence-electron chi connectivity index (χ0n) is 28.9. The lowest BCUT2D eigenvalue weighted by molar-refractivity contribution is 0.662. The van der Waals surface area contributed by atoms with E-state index < -0.39 is 6.17 Å². The van der Waals surface area contributed by atoms with Crippen molar-refractivity contribution < 1.29 is 8.83 Å². The molecule has 54 heavy (non-hydrogen) atoms. The molecule has 6 heteroatoms. The second-order valence-corrected chi connectivity index (χ2v) is 13.6. The van der Waals surface area contributed by atoms with Crippen LogP contribution in [-0.2, 0) is 0 Å². The second kappa shape index (κ2) is 12.1. The van der Waals surface area contributed by atoms with Gasteiger partial charge in [-0.2, -0.15) is 0 Å². The smallest absolute Gasteiger partial charge is 0.159 e. The fraction of sp³-hybridized carbons (Fsp3) is 0.0208. The Morgan fingerprint density at radius 3 is 2.02 bits per heavy atom. The molecule has 1 aliphatic heterocycles. The van der Waals surface area contributed by atoms with Gasteiger partial charge in [-0.05, 0) is 40.6 Å². The number of rotatable bonds is 5. The van der Waals surface area contributed by atoms with Gasteiger partial charge in [-0.1, -0.05) is 140 Å². The average Bonchev–Trinajstić information content (AvgIpc) is 3.81. The summed E-state index contributed by atoms with van der Waals surface area (Å²) in [4.78, 5) is 15.7. The lowest BCUT2D eigenvalue weighted by Crippen LogP contribution is -2.34. The quantitative estimate of drug-likeness (QED) is 0.195. The van der Waals surface area contributed by atoms with E-state index in [-0.39, 0.29) is 0 Å². The monoisotopic (exact) mass is 694 g/mol. The van der Waals surface area contributed by atoms with Gasteiger partial charge in [0.25, 0.3) is 0 Å². The summed E-state index contributed by atoms with van der Waals surface area (Å²) < 4.78 is 13.1. The molecule has 0 aliphatic carbocycles. The normalized spacial score (nSPS) is 14.5. The standard InChI is InChI=1S/C48H30N4O2/c1-3-14-29(15-4-1)38-28-49-44(43-37-26-31-18-7-8-19-32(31)27-41(37)54-45(38)43)33-20-9-10-21-34(33)47-50-46(30-16-5-2-6-17-30)51-48(52-47)36-23-13-25-40-42(36)35-22-11-12-24-39(35)53-40/h1-28,48H,(H,50,51,52). The van der Waals surface area contributed by atoms with Crippen molar-refractivity contribution in [2.75, 3.05) is 0 Å². The molecule has 0 amide bonds. The predicted molar refractivity (Wildman–Crippen MR) is 219 cm³/mol. The Hall–Kier alpha value is -7.31. The summed E-state index contributed by atoms with van der Waals surface area (Å²) in [5, 5.41) is 10.1. The molecule has 0 saturated carbocycles. The Balaban J connectivity index is 1.14. The number of hydrogen-bond acceptors (Lipinski definition) is 6. The molecule has 6 nitrogen and oxygen atoms in total. The highest BCUT2D eigenvalue weighted by molar-refractivity contribution is 6.21. The van der Waals surface area contributed by atoms with Crippen LogP contribution >= 0.6 is 0 Å². The van der Waals surface area contributed by atoms with Crippen molar-refractivity contribution in [1.29, 1.82) is 0 Å². The van der Waals surface area contributed by atoms with Crippen molar-refractivity contribution in [3.05, 3.63) is 187 Å². The van der Waals surface area contributed by atoms with E-state index in [1.807, 2.05) is 79.0 Å². The maximum absolute atomic E-state index is 6.80. The van der Waals surface area contributed by atoms with Crippen LogP contribution in [0.15, 0.2) is 189 Å². The van der Waals surface area contributed by atoms with Gasteiger partial charge in [0, 0.05) is 50.2 Å². The van der Waals surface area contributed by atoms with Gasteiger partial charge in [-0.25, -0.2) is 9.98 Å². The lowest BCUT2D eigenvalue weighted by Gasteiger charge is -2.25. The van der Waals surface area contributed by atoms with E-state index in [4.69, 9.17) is 23.8 Å². The second-order valence-electron chi connectivity index (χ2n) is 13.6. The Kier molecular flexibility index (Phi) is 6.82. The number of nitrogens with zero attached hydrogens (tertiary/aromatic N) is 3. The number of amidine groups is 2. The Bertz CT molecular complexity index is 3140. The molecule has 0 spiro atoms. The van der Waals surface area contributed by atoms with Crippen molar-refractivity contribution >= 4 is 66.3 Å². The Labute approximate surface area is 309 Å². The minimum absolute atomic E-state index is 0.444. The van der Waals surface area contributed by atoms with E-state index in [9.17, 15) is 0 Å². The van der Waals surface area contributed by atoms with Gasteiger partial charge < -0.3 is 14.2 Å². The van der Waals surface area contributed by atoms with E-state index >= 15 is 0 Å². The Morgan fingerprint density at radius 2 is 1.19 bits per heavy atom. The van der Waals surface area contributed by atoms with Gasteiger partial charge >= 0.3 is 0 Å². The number of nitrogens with one attached hydrogen (secondary N) is 1. The summed E-state index contributed by atoms with van der Waals surface area (Å²) in [6.07, 6.45) is 1.49. The van der Waals surface area contributed by atoms with Crippen LogP contribution in [0.3, 0.4) is 0 Å². The van der Waals surface area contributed by atoms with Crippen LogP contribution in [0.2, 0.25) is 0 Å². The molecule has 1 unspecified atom stereocenters. The number of aliphatic imine (C=N–C) groups is 2. The lowest BCUT2D eigenvalue weighted by atomic mass is 9.95. The van der Waals surface area contributed by atoms with Gasteiger partial charge in [0.15, 0.2) is 5.84 Å². The average molecular weight is 695 g/mol.